The van der Waals surface area contributed by atoms with Crippen molar-refractivity contribution >= 4 is 34.8 Å². The second-order valence-electron chi connectivity index (χ2n) is 5.65. The molecule has 4 nitrogen and oxygen atoms in total. The van der Waals surface area contributed by atoms with Gasteiger partial charge in [0.15, 0.2) is 0 Å². The van der Waals surface area contributed by atoms with Gasteiger partial charge < -0.3 is 10.2 Å². The molecule has 23 heavy (non-hydrogen) atoms. The van der Waals surface area contributed by atoms with Crippen LogP contribution in [0.4, 0.5) is 11.4 Å². The van der Waals surface area contributed by atoms with Crippen LogP contribution in [0.25, 0.3) is 0 Å². The van der Waals surface area contributed by atoms with Crippen LogP contribution in [0.1, 0.15) is 17.5 Å². The van der Waals surface area contributed by atoms with Gasteiger partial charge in [-0.15, -0.1) is 0 Å². The molecule has 1 aliphatic heterocycles. The number of benzene rings is 2. The van der Waals surface area contributed by atoms with Gasteiger partial charge in [-0.25, -0.2) is 0 Å². The molecule has 0 unspecified atom stereocenters. The molecule has 0 aromatic heterocycles. The third-order valence-corrected chi connectivity index (χ3v) is 4.20. The summed E-state index contributed by atoms with van der Waals surface area (Å²) in [5.41, 5.74) is 3.66. The van der Waals surface area contributed by atoms with E-state index in [1.807, 2.05) is 18.2 Å². The summed E-state index contributed by atoms with van der Waals surface area (Å²) < 4.78 is 0. The van der Waals surface area contributed by atoms with E-state index >= 15 is 0 Å². The summed E-state index contributed by atoms with van der Waals surface area (Å²) >= 11 is 5.91. The zero-order valence-electron chi connectivity index (χ0n) is 12.8. The third kappa shape index (κ3) is 3.54. The van der Waals surface area contributed by atoms with Crippen LogP contribution in [-0.4, -0.2) is 18.9 Å². The first-order valence-corrected chi connectivity index (χ1v) is 7.84. The van der Waals surface area contributed by atoms with Gasteiger partial charge in [-0.3, -0.25) is 9.59 Å². The lowest BCUT2D eigenvalue weighted by Gasteiger charge is -2.26. The van der Waals surface area contributed by atoms with Crippen LogP contribution >= 0.6 is 11.6 Å². The van der Waals surface area contributed by atoms with Crippen molar-refractivity contribution in [3.05, 3.63) is 58.6 Å². The van der Waals surface area contributed by atoms with E-state index in [2.05, 4.69) is 5.32 Å². The lowest BCUT2D eigenvalue weighted by Crippen LogP contribution is -2.31. The third-order valence-electron chi connectivity index (χ3n) is 3.96. The maximum absolute atomic E-state index is 12.2. The molecule has 3 rings (SSSR count). The Morgan fingerprint density at radius 1 is 1.22 bits per heavy atom. The first-order chi connectivity index (χ1) is 11.0. The highest BCUT2D eigenvalue weighted by molar-refractivity contribution is 6.30. The van der Waals surface area contributed by atoms with Crippen LogP contribution in [0, 0.1) is 0 Å². The number of nitrogens with zero attached hydrogens (tertiary/aromatic N) is 1. The van der Waals surface area contributed by atoms with Gasteiger partial charge in [-0.05, 0) is 41.8 Å². The summed E-state index contributed by atoms with van der Waals surface area (Å²) in [7, 11) is 1.78. The van der Waals surface area contributed by atoms with Crippen molar-refractivity contribution < 1.29 is 9.59 Å². The van der Waals surface area contributed by atoms with E-state index < -0.39 is 0 Å². The minimum atomic E-state index is -0.0903. The predicted octanol–water partition coefficient (Wildman–Crippen LogP) is 3.43. The average Bonchev–Trinajstić information content (AvgIpc) is 2.51. The lowest BCUT2D eigenvalue weighted by molar-refractivity contribution is -0.118. The van der Waals surface area contributed by atoms with Crippen LogP contribution < -0.4 is 10.2 Å². The molecule has 1 heterocycles. The normalized spacial score (nSPS) is 13.7. The summed E-state index contributed by atoms with van der Waals surface area (Å²) in [6, 6.07) is 12.9. The van der Waals surface area contributed by atoms with Crippen LogP contribution in [0.3, 0.4) is 0 Å². The van der Waals surface area contributed by atoms with Crippen molar-refractivity contribution in [2.45, 2.75) is 19.3 Å². The van der Waals surface area contributed by atoms with Crippen LogP contribution in [0.2, 0.25) is 5.02 Å². The Labute approximate surface area is 140 Å². The Morgan fingerprint density at radius 2 is 2.04 bits per heavy atom. The van der Waals surface area contributed by atoms with Gasteiger partial charge in [0.25, 0.3) is 0 Å². The second-order valence-corrected chi connectivity index (χ2v) is 6.09. The minimum absolute atomic E-state index is 0.0903. The number of hydrogen-bond acceptors (Lipinski definition) is 2. The molecule has 118 valence electrons. The molecule has 1 aliphatic rings. The first kappa shape index (κ1) is 15.6. The first-order valence-electron chi connectivity index (χ1n) is 7.47. The minimum Gasteiger partial charge on any atom is -0.326 e. The number of carbonyl (C=O) groups is 2. The van der Waals surface area contributed by atoms with Crippen molar-refractivity contribution in [3.8, 4) is 0 Å². The van der Waals surface area contributed by atoms with Gasteiger partial charge in [-0.1, -0.05) is 29.8 Å². The summed E-state index contributed by atoms with van der Waals surface area (Å²) in [6.45, 7) is 0. The smallest absolute Gasteiger partial charge is 0.228 e. The summed E-state index contributed by atoms with van der Waals surface area (Å²) in [6.07, 6.45) is 1.53. The van der Waals surface area contributed by atoms with E-state index in [1.165, 1.54) is 0 Å². The Kier molecular flexibility index (Phi) is 4.35. The number of anilines is 2. The van der Waals surface area contributed by atoms with Crippen molar-refractivity contribution in [2.24, 2.45) is 0 Å². The van der Waals surface area contributed by atoms with Gasteiger partial charge in [0, 0.05) is 29.9 Å². The monoisotopic (exact) mass is 328 g/mol. The molecule has 0 atom stereocenters. The van der Waals surface area contributed by atoms with Crippen molar-refractivity contribution in [3.63, 3.8) is 0 Å². The van der Waals surface area contributed by atoms with Crippen LogP contribution in [0.15, 0.2) is 42.5 Å². The van der Waals surface area contributed by atoms with E-state index in [0.717, 1.165) is 23.2 Å². The largest absolute Gasteiger partial charge is 0.326 e. The van der Waals surface area contributed by atoms with Crippen molar-refractivity contribution in [1.82, 2.24) is 0 Å². The number of amides is 2. The zero-order chi connectivity index (χ0) is 16.4. The Morgan fingerprint density at radius 3 is 2.83 bits per heavy atom. The highest BCUT2D eigenvalue weighted by atomic mass is 35.5. The van der Waals surface area contributed by atoms with E-state index in [9.17, 15) is 9.59 Å². The Balaban J connectivity index is 1.71. The lowest BCUT2D eigenvalue weighted by atomic mass is 9.98. The molecule has 5 heteroatoms. The van der Waals surface area contributed by atoms with E-state index in [0.29, 0.717) is 17.1 Å². The predicted molar refractivity (Wildman–Crippen MR) is 92.0 cm³/mol. The number of fused-ring (bicyclic) bond motifs is 1. The fourth-order valence-electron chi connectivity index (χ4n) is 2.78. The molecule has 1 N–H and O–H groups in total. The molecular formula is C18H17ClN2O2. The standard InChI is InChI=1S/C18H17ClN2O2/c1-21-16-7-5-12(9-13(16)6-8-18(21)23)10-17(22)20-15-4-2-3-14(19)11-15/h2-5,7,9,11H,6,8,10H2,1H3,(H,20,22). The summed E-state index contributed by atoms with van der Waals surface area (Å²) in [5, 5.41) is 3.43. The highest BCUT2D eigenvalue weighted by Crippen LogP contribution is 2.27. The molecular weight excluding hydrogens is 312 g/mol. The van der Waals surface area contributed by atoms with Crippen LogP contribution in [0.5, 0.6) is 0 Å². The molecule has 2 aromatic rings. The fraction of sp³-hybridized carbons (Fsp3) is 0.222. The van der Waals surface area contributed by atoms with Gasteiger partial charge in [0.1, 0.15) is 0 Å². The van der Waals surface area contributed by atoms with Gasteiger partial charge in [-0.2, -0.15) is 0 Å². The molecule has 0 spiro atoms. The van der Waals surface area contributed by atoms with Crippen LogP contribution in [-0.2, 0) is 22.4 Å². The molecule has 0 fully saturated rings. The molecule has 2 aromatic carbocycles. The van der Waals surface area contributed by atoms with Gasteiger partial charge in [0.05, 0.1) is 6.42 Å². The Hall–Kier alpha value is -2.33. The second kappa shape index (κ2) is 6.42. The maximum Gasteiger partial charge on any atom is 0.228 e. The van der Waals surface area contributed by atoms with Crippen molar-refractivity contribution in [1.29, 1.82) is 0 Å². The molecule has 0 saturated carbocycles. The number of carbonyl (C=O) groups excluding carboxylic acids is 2. The number of aryl methyl sites for hydroxylation is 1. The van der Waals surface area contributed by atoms with E-state index in [1.54, 1.807) is 36.2 Å². The summed E-state index contributed by atoms with van der Waals surface area (Å²) in [4.78, 5) is 25.5. The molecule has 0 bridgehead atoms. The number of halogens is 1. The maximum atomic E-state index is 12.2. The van der Waals surface area contributed by atoms with E-state index in [-0.39, 0.29) is 18.2 Å². The van der Waals surface area contributed by atoms with Gasteiger partial charge in [0.2, 0.25) is 11.8 Å². The highest BCUT2D eigenvalue weighted by Gasteiger charge is 2.21. The average molecular weight is 329 g/mol. The number of hydrogen-bond donors (Lipinski definition) is 1. The number of nitrogens with one attached hydrogen (secondary N) is 1. The Bertz CT molecular complexity index is 773. The SMILES string of the molecule is CN1C(=O)CCc2cc(CC(=O)Nc3cccc(Cl)c3)ccc21. The molecule has 2 amide bonds. The molecule has 0 radical (unpaired) electrons. The summed E-state index contributed by atoms with van der Waals surface area (Å²) in [5.74, 6) is 0.0383. The molecule has 0 aliphatic carbocycles. The zero-order valence-corrected chi connectivity index (χ0v) is 13.6. The topological polar surface area (TPSA) is 49.4 Å². The van der Waals surface area contributed by atoms with E-state index in [4.69, 9.17) is 11.6 Å². The van der Waals surface area contributed by atoms with Gasteiger partial charge >= 0.3 is 0 Å². The quantitative estimate of drug-likeness (QED) is 0.938. The van der Waals surface area contributed by atoms with Crippen molar-refractivity contribution in [2.75, 3.05) is 17.3 Å². The molecule has 0 saturated heterocycles. The fourth-order valence-corrected chi connectivity index (χ4v) is 2.97. The number of rotatable bonds is 3.